The predicted octanol–water partition coefficient (Wildman–Crippen LogP) is 4.22. The summed E-state index contributed by atoms with van der Waals surface area (Å²) in [6.45, 7) is 4.18. The van der Waals surface area contributed by atoms with Crippen LogP contribution in [0.2, 0.25) is 0 Å². The van der Waals surface area contributed by atoms with E-state index >= 15 is 0 Å². The summed E-state index contributed by atoms with van der Waals surface area (Å²) in [4.78, 5) is 24.3. The Balaban J connectivity index is 2.89. The number of allylic oxidation sites excluding steroid dienone is 1. The standard InChI is InChI=1S/C22H34O4/c1-4-7-9-11-17(23)13-14-18-16(6-3)15-20(24)21(18)19(22(25)26)12-10-8-5-2/h3,13-14,16-19,21,23H,4-5,7-12,15H2,1-2H3,(H,25,26)/t16?,17-,18-,19?,21+/m0/s1. The lowest BCUT2D eigenvalue weighted by molar-refractivity contribution is -0.147. The van der Waals surface area contributed by atoms with Crippen LogP contribution in [0.3, 0.4) is 0 Å². The molecule has 4 nitrogen and oxygen atoms in total. The number of rotatable bonds is 12. The van der Waals surface area contributed by atoms with Gasteiger partial charge < -0.3 is 10.2 Å². The van der Waals surface area contributed by atoms with Gasteiger partial charge >= 0.3 is 5.97 Å². The summed E-state index contributed by atoms with van der Waals surface area (Å²) >= 11 is 0. The van der Waals surface area contributed by atoms with Crippen molar-refractivity contribution >= 4 is 11.8 Å². The van der Waals surface area contributed by atoms with Crippen LogP contribution in [0.25, 0.3) is 0 Å². The first kappa shape index (κ1) is 22.4. The molecule has 0 aliphatic heterocycles. The molecule has 0 heterocycles. The number of unbranched alkanes of at least 4 members (excludes halogenated alkanes) is 4. The summed E-state index contributed by atoms with van der Waals surface area (Å²) in [6.07, 6.45) is 15.8. The van der Waals surface area contributed by atoms with Crippen LogP contribution >= 0.6 is 0 Å². The Hall–Kier alpha value is -1.60. The fourth-order valence-corrected chi connectivity index (χ4v) is 3.90. The zero-order valence-corrected chi connectivity index (χ0v) is 16.2. The Kier molecular flexibility index (Phi) is 10.3. The van der Waals surface area contributed by atoms with Gasteiger partial charge in [-0.15, -0.1) is 12.3 Å². The number of carboxylic acids is 1. The molecule has 0 aromatic heterocycles. The number of aliphatic hydroxyl groups is 1. The van der Waals surface area contributed by atoms with Crippen LogP contribution in [-0.4, -0.2) is 28.1 Å². The largest absolute Gasteiger partial charge is 0.481 e. The highest BCUT2D eigenvalue weighted by molar-refractivity contribution is 5.89. The van der Waals surface area contributed by atoms with Crippen molar-refractivity contribution in [1.82, 2.24) is 0 Å². The zero-order chi connectivity index (χ0) is 19.5. The van der Waals surface area contributed by atoms with E-state index in [1.807, 2.05) is 6.08 Å². The molecule has 26 heavy (non-hydrogen) atoms. The number of ketones is 1. The second-order valence-electron chi connectivity index (χ2n) is 7.44. The molecule has 1 fully saturated rings. The number of Topliss-reactive ketones (excluding diaryl/α,β-unsaturated/α-hetero) is 1. The first-order valence-electron chi connectivity index (χ1n) is 10.0. The Morgan fingerprint density at radius 3 is 2.38 bits per heavy atom. The van der Waals surface area contributed by atoms with Crippen LogP contribution in [0, 0.1) is 36.0 Å². The van der Waals surface area contributed by atoms with E-state index in [0.717, 1.165) is 38.5 Å². The van der Waals surface area contributed by atoms with E-state index in [1.54, 1.807) is 6.08 Å². The van der Waals surface area contributed by atoms with E-state index in [9.17, 15) is 19.8 Å². The monoisotopic (exact) mass is 362 g/mol. The molecule has 0 aromatic rings. The minimum atomic E-state index is -0.918. The van der Waals surface area contributed by atoms with E-state index in [0.29, 0.717) is 12.8 Å². The zero-order valence-electron chi connectivity index (χ0n) is 16.2. The number of carbonyl (C=O) groups excluding carboxylic acids is 1. The van der Waals surface area contributed by atoms with Crippen molar-refractivity contribution in [3.8, 4) is 12.3 Å². The molecule has 0 aromatic carbocycles. The highest BCUT2D eigenvalue weighted by atomic mass is 16.4. The van der Waals surface area contributed by atoms with E-state index in [4.69, 9.17) is 6.42 Å². The number of hydrogen-bond donors (Lipinski definition) is 2. The van der Waals surface area contributed by atoms with Crippen molar-refractivity contribution in [1.29, 1.82) is 0 Å². The molecular weight excluding hydrogens is 328 g/mol. The van der Waals surface area contributed by atoms with Gasteiger partial charge in [0.05, 0.1) is 12.0 Å². The molecule has 146 valence electrons. The molecule has 1 rings (SSSR count). The molecule has 1 saturated carbocycles. The molecule has 4 heteroatoms. The SMILES string of the molecule is C#CC1CC(=O)[C@@H](C(CCCCC)C(=O)O)[C@H]1C=C[C@@H](O)CCCCC. The smallest absolute Gasteiger partial charge is 0.307 e. The van der Waals surface area contributed by atoms with Crippen molar-refractivity contribution in [2.75, 3.05) is 0 Å². The van der Waals surface area contributed by atoms with E-state index in [-0.39, 0.29) is 24.0 Å². The van der Waals surface area contributed by atoms with Gasteiger partial charge in [-0.2, -0.15) is 0 Å². The van der Waals surface area contributed by atoms with Gasteiger partial charge in [0.25, 0.3) is 0 Å². The molecule has 5 atom stereocenters. The number of carbonyl (C=O) groups is 2. The molecule has 0 radical (unpaired) electrons. The van der Waals surface area contributed by atoms with Crippen molar-refractivity contribution in [3.05, 3.63) is 12.2 Å². The van der Waals surface area contributed by atoms with Gasteiger partial charge in [0.2, 0.25) is 0 Å². The summed E-state index contributed by atoms with van der Waals surface area (Å²) in [5.41, 5.74) is 0. The molecule has 0 amide bonds. The Bertz CT molecular complexity index is 517. The lowest BCUT2D eigenvalue weighted by Crippen LogP contribution is -2.31. The van der Waals surface area contributed by atoms with Crippen LogP contribution in [0.5, 0.6) is 0 Å². The van der Waals surface area contributed by atoms with E-state index < -0.39 is 23.9 Å². The number of carboxylic acid groups (broad SMARTS) is 1. The third-order valence-electron chi connectivity index (χ3n) is 5.41. The number of aliphatic hydroxyl groups excluding tert-OH is 1. The topological polar surface area (TPSA) is 74.6 Å². The first-order chi connectivity index (χ1) is 12.5. The predicted molar refractivity (Wildman–Crippen MR) is 103 cm³/mol. The maximum absolute atomic E-state index is 12.5. The molecular formula is C22H34O4. The number of terminal acetylenes is 1. The van der Waals surface area contributed by atoms with Crippen molar-refractivity contribution in [2.24, 2.45) is 23.7 Å². The lowest BCUT2D eigenvalue weighted by Gasteiger charge is -2.24. The van der Waals surface area contributed by atoms with Crippen molar-refractivity contribution < 1.29 is 19.8 Å². The Morgan fingerprint density at radius 1 is 1.23 bits per heavy atom. The summed E-state index contributed by atoms with van der Waals surface area (Å²) in [5.74, 6) is -0.150. The Morgan fingerprint density at radius 2 is 1.85 bits per heavy atom. The number of aliphatic carboxylic acids is 1. The van der Waals surface area contributed by atoms with Crippen molar-refractivity contribution in [3.63, 3.8) is 0 Å². The maximum Gasteiger partial charge on any atom is 0.307 e. The summed E-state index contributed by atoms with van der Waals surface area (Å²) < 4.78 is 0. The highest BCUT2D eigenvalue weighted by Gasteiger charge is 2.46. The highest BCUT2D eigenvalue weighted by Crippen LogP contribution is 2.41. The molecule has 0 saturated heterocycles. The maximum atomic E-state index is 12.5. The van der Waals surface area contributed by atoms with Gasteiger partial charge in [-0.05, 0) is 12.8 Å². The van der Waals surface area contributed by atoms with Gasteiger partial charge in [0.15, 0.2) is 0 Å². The van der Waals surface area contributed by atoms with E-state index in [1.165, 1.54) is 0 Å². The second-order valence-corrected chi connectivity index (χ2v) is 7.44. The van der Waals surface area contributed by atoms with Gasteiger partial charge in [0.1, 0.15) is 5.78 Å². The first-order valence-corrected chi connectivity index (χ1v) is 10.0. The van der Waals surface area contributed by atoms with Crippen LogP contribution in [0.1, 0.15) is 71.6 Å². The van der Waals surface area contributed by atoms with Gasteiger partial charge in [-0.3, -0.25) is 9.59 Å². The average molecular weight is 363 g/mol. The van der Waals surface area contributed by atoms with Crippen LogP contribution in [-0.2, 0) is 9.59 Å². The molecule has 2 N–H and O–H groups in total. The minimum absolute atomic E-state index is 0.0491. The number of hydrogen-bond acceptors (Lipinski definition) is 3. The lowest BCUT2D eigenvalue weighted by atomic mass is 9.78. The van der Waals surface area contributed by atoms with Gasteiger partial charge in [-0.25, -0.2) is 0 Å². The second kappa shape index (κ2) is 11.9. The third kappa shape index (κ3) is 6.61. The molecule has 1 aliphatic carbocycles. The normalized spacial score (nSPS) is 25.3. The molecule has 0 bridgehead atoms. The van der Waals surface area contributed by atoms with E-state index in [2.05, 4.69) is 19.8 Å². The average Bonchev–Trinajstić information content (AvgIpc) is 2.92. The quantitative estimate of drug-likeness (QED) is 0.310. The van der Waals surface area contributed by atoms with Crippen LogP contribution in [0.4, 0.5) is 0 Å². The van der Waals surface area contributed by atoms with Crippen molar-refractivity contribution in [2.45, 2.75) is 77.7 Å². The third-order valence-corrected chi connectivity index (χ3v) is 5.41. The summed E-state index contributed by atoms with van der Waals surface area (Å²) in [7, 11) is 0. The minimum Gasteiger partial charge on any atom is -0.481 e. The molecule has 2 unspecified atom stereocenters. The van der Waals surface area contributed by atoms with Gasteiger partial charge in [-0.1, -0.05) is 64.5 Å². The molecule has 1 aliphatic rings. The van der Waals surface area contributed by atoms with Crippen LogP contribution < -0.4 is 0 Å². The Labute approximate surface area is 158 Å². The van der Waals surface area contributed by atoms with Crippen LogP contribution in [0.15, 0.2) is 12.2 Å². The van der Waals surface area contributed by atoms with Gasteiger partial charge in [0, 0.05) is 24.2 Å². The molecule has 0 spiro atoms. The fraction of sp³-hybridized carbons (Fsp3) is 0.727. The summed E-state index contributed by atoms with van der Waals surface area (Å²) in [6, 6.07) is 0. The fourth-order valence-electron chi connectivity index (χ4n) is 3.90. The summed E-state index contributed by atoms with van der Waals surface area (Å²) in [5, 5.41) is 19.8.